The summed E-state index contributed by atoms with van der Waals surface area (Å²) in [4.78, 5) is 12.5. The molecule has 29 heavy (non-hydrogen) atoms. The topological polar surface area (TPSA) is 88.4 Å². The van der Waals surface area contributed by atoms with E-state index >= 15 is 0 Å². The quantitative estimate of drug-likeness (QED) is 0.591. The van der Waals surface area contributed by atoms with Crippen LogP contribution in [0.2, 0.25) is 0 Å². The van der Waals surface area contributed by atoms with Crippen LogP contribution in [0, 0.1) is 6.92 Å². The van der Waals surface area contributed by atoms with Gasteiger partial charge >= 0.3 is 0 Å². The van der Waals surface area contributed by atoms with Crippen LogP contribution < -0.4 is 10.0 Å². The summed E-state index contributed by atoms with van der Waals surface area (Å²) in [6.45, 7) is 5.82. The van der Waals surface area contributed by atoms with Crippen LogP contribution in [0.5, 0.6) is 0 Å². The number of furan rings is 1. The van der Waals surface area contributed by atoms with Crippen LogP contribution in [-0.2, 0) is 33.5 Å². The maximum atomic E-state index is 12.5. The molecule has 2 N–H and O–H groups in total. The van der Waals surface area contributed by atoms with Crippen molar-refractivity contribution in [2.45, 2.75) is 45.5 Å². The van der Waals surface area contributed by atoms with Crippen molar-refractivity contribution in [2.24, 2.45) is 0 Å². The van der Waals surface area contributed by atoms with Crippen molar-refractivity contribution >= 4 is 26.9 Å². The molecule has 0 fully saturated rings. The minimum Gasteiger partial charge on any atom is -0.464 e. The molecule has 0 unspecified atom stereocenters. The predicted octanol–water partition coefficient (Wildman–Crippen LogP) is 3.43. The van der Waals surface area contributed by atoms with Crippen LogP contribution in [0.25, 0.3) is 11.0 Å². The maximum absolute atomic E-state index is 12.5. The zero-order valence-corrected chi connectivity index (χ0v) is 17.7. The lowest BCUT2D eigenvalue weighted by Crippen LogP contribution is -2.32. The fourth-order valence-corrected chi connectivity index (χ4v) is 4.73. The molecule has 1 heterocycles. The van der Waals surface area contributed by atoms with Crippen molar-refractivity contribution in [1.82, 2.24) is 10.0 Å². The van der Waals surface area contributed by atoms with E-state index in [0.29, 0.717) is 5.56 Å². The number of rotatable bonds is 8. The van der Waals surface area contributed by atoms with E-state index in [-0.39, 0.29) is 30.7 Å². The average molecular weight is 415 g/mol. The van der Waals surface area contributed by atoms with E-state index < -0.39 is 10.0 Å². The van der Waals surface area contributed by atoms with Crippen molar-refractivity contribution in [3.05, 3.63) is 71.0 Å². The second-order valence-electron chi connectivity index (χ2n) is 7.51. The second-order valence-corrected chi connectivity index (χ2v) is 9.27. The molecule has 0 aliphatic heterocycles. The Hall–Kier alpha value is -2.64. The molecule has 1 amide bonds. The molecule has 7 heteroatoms. The van der Waals surface area contributed by atoms with E-state index in [9.17, 15) is 13.2 Å². The Morgan fingerprint density at radius 1 is 1.07 bits per heavy atom. The van der Waals surface area contributed by atoms with E-state index in [1.165, 1.54) is 0 Å². The summed E-state index contributed by atoms with van der Waals surface area (Å²) < 4.78 is 32.6. The molecule has 0 saturated heterocycles. The molecule has 1 aromatic heterocycles. The third-order valence-corrected chi connectivity index (χ3v) is 6.04. The molecule has 0 aliphatic rings. The van der Waals surface area contributed by atoms with Crippen molar-refractivity contribution in [1.29, 1.82) is 0 Å². The number of hydrogen-bond acceptors (Lipinski definition) is 4. The molecular weight excluding hydrogens is 388 g/mol. The van der Waals surface area contributed by atoms with Crippen LogP contribution in [0.15, 0.2) is 53.1 Å². The minimum atomic E-state index is -3.44. The molecule has 0 bridgehead atoms. The lowest BCUT2D eigenvalue weighted by Gasteiger charge is -2.13. The highest BCUT2D eigenvalue weighted by atomic mass is 32.2. The second kappa shape index (κ2) is 8.80. The van der Waals surface area contributed by atoms with Crippen molar-refractivity contribution < 1.29 is 17.6 Å². The molecule has 3 rings (SSSR count). The van der Waals surface area contributed by atoms with Crippen molar-refractivity contribution in [3.63, 3.8) is 0 Å². The summed E-state index contributed by atoms with van der Waals surface area (Å²) in [6, 6.07) is 13.0. The molecule has 154 valence electrons. The van der Waals surface area contributed by atoms with Gasteiger partial charge in [0, 0.05) is 23.5 Å². The zero-order valence-electron chi connectivity index (χ0n) is 16.9. The van der Waals surface area contributed by atoms with Crippen LogP contribution in [-0.4, -0.2) is 20.4 Å². The molecule has 3 aromatic rings. The number of carbonyl (C=O) groups is 1. The normalized spacial score (nSPS) is 11.9. The smallest absolute Gasteiger partial charge is 0.224 e. The van der Waals surface area contributed by atoms with Crippen LogP contribution in [0.1, 0.15) is 36.1 Å². The number of hydrogen-bond donors (Lipinski definition) is 2. The first-order chi connectivity index (χ1) is 13.7. The molecule has 0 radical (unpaired) electrons. The first kappa shape index (κ1) is 21.1. The summed E-state index contributed by atoms with van der Waals surface area (Å²) >= 11 is 0. The third-order valence-electron chi connectivity index (χ3n) is 4.52. The van der Waals surface area contributed by atoms with Gasteiger partial charge in [0.25, 0.3) is 0 Å². The fourth-order valence-electron chi connectivity index (χ4n) is 3.23. The molecule has 0 aliphatic carbocycles. The molecule has 0 saturated carbocycles. The van der Waals surface area contributed by atoms with Gasteiger partial charge in [-0.25, -0.2) is 13.1 Å². The number of fused-ring (bicyclic) bond motifs is 1. The summed E-state index contributed by atoms with van der Waals surface area (Å²) in [6.07, 6.45) is 1.81. The molecule has 0 atom stereocenters. The number of benzene rings is 2. The largest absolute Gasteiger partial charge is 0.464 e. The Morgan fingerprint density at radius 3 is 2.52 bits per heavy atom. The Labute approximate surface area is 171 Å². The van der Waals surface area contributed by atoms with Gasteiger partial charge in [0.05, 0.1) is 18.4 Å². The summed E-state index contributed by atoms with van der Waals surface area (Å²) in [5.41, 5.74) is 4.14. The molecule has 6 nitrogen and oxygen atoms in total. The first-order valence-electron chi connectivity index (χ1n) is 9.54. The van der Waals surface area contributed by atoms with Gasteiger partial charge in [0.15, 0.2) is 0 Å². The van der Waals surface area contributed by atoms with Gasteiger partial charge in [-0.2, -0.15) is 0 Å². The van der Waals surface area contributed by atoms with Crippen molar-refractivity contribution in [3.8, 4) is 0 Å². The van der Waals surface area contributed by atoms with Gasteiger partial charge in [-0.15, -0.1) is 0 Å². The summed E-state index contributed by atoms with van der Waals surface area (Å²) in [5.74, 6) is -0.269. The third kappa shape index (κ3) is 5.68. The van der Waals surface area contributed by atoms with Gasteiger partial charge in [0.2, 0.25) is 15.9 Å². The van der Waals surface area contributed by atoms with E-state index in [1.54, 1.807) is 32.2 Å². The standard InChI is InChI=1S/C22H26N2O4S/c1-15(2)24-29(26,27)14-18-7-5-4-6-17(18)12-23-22(25)11-19-13-28-21-10-16(3)8-9-20(19)21/h4-10,13,15,24H,11-12,14H2,1-3H3,(H,23,25). The van der Waals surface area contributed by atoms with Gasteiger partial charge in [0.1, 0.15) is 5.58 Å². The van der Waals surface area contributed by atoms with Gasteiger partial charge in [-0.3, -0.25) is 4.79 Å². The Balaban J connectivity index is 1.66. The predicted molar refractivity (Wildman–Crippen MR) is 114 cm³/mol. The fraction of sp³-hybridized carbons (Fsp3) is 0.318. The molecular formula is C22H26N2O4S. The number of sulfonamides is 1. The lowest BCUT2D eigenvalue weighted by atomic mass is 10.1. The number of aryl methyl sites for hydroxylation is 1. The highest BCUT2D eigenvalue weighted by Gasteiger charge is 2.16. The number of amides is 1. The van der Waals surface area contributed by atoms with Crippen LogP contribution in [0.4, 0.5) is 0 Å². The van der Waals surface area contributed by atoms with E-state index in [1.807, 2.05) is 37.3 Å². The monoisotopic (exact) mass is 414 g/mol. The van der Waals surface area contributed by atoms with Crippen molar-refractivity contribution in [2.75, 3.05) is 0 Å². The maximum Gasteiger partial charge on any atom is 0.224 e. The van der Waals surface area contributed by atoms with Gasteiger partial charge in [-0.05, 0) is 43.5 Å². The Kier molecular flexibility index (Phi) is 6.39. The van der Waals surface area contributed by atoms with E-state index in [0.717, 1.165) is 27.7 Å². The van der Waals surface area contributed by atoms with E-state index in [2.05, 4.69) is 10.0 Å². The number of nitrogens with one attached hydrogen (secondary N) is 2. The summed E-state index contributed by atoms with van der Waals surface area (Å²) in [7, 11) is -3.44. The molecule has 2 aromatic carbocycles. The average Bonchev–Trinajstić information content (AvgIpc) is 3.01. The van der Waals surface area contributed by atoms with Crippen LogP contribution >= 0.6 is 0 Å². The summed E-state index contributed by atoms with van der Waals surface area (Å²) in [5, 5.41) is 3.81. The Bertz CT molecular complexity index is 1120. The zero-order chi connectivity index (χ0) is 21.0. The van der Waals surface area contributed by atoms with Crippen LogP contribution in [0.3, 0.4) is 0 Å². The lowest BCUT2D eigenvalue weighted by molar-refractivity contribution is -0.120. The molecule has 0 spiro atoms. The van der Waals surface area contributed by atoms with Gasteiger partial charge in [-0.1, -0.05) is 36.4 Å². The first-order valence-corrected chi connectivity index (χ1v) is 11.2. The highest BCUT2D eigenvalue weighted by molar-refractivity contribution is 7.88. The SMILES string of the molecule is Cc1ccc2c(CC(=O)NCc3ccccc3CS(=O)(=O)NC(C)C)coc2c1. The Morgan fingerprint density at radius 2 is 1.79 bits per heavy atom. The minimum absolute atomic E-state index is 0.122. The van der Waals surface area contributed by atoms with Gasteiger partial charge < -0.3 is 9.73 Å². The van der Waals surface area contributed by atoms with E-state index in [4.69, 9.17) is 4.42 Å². The number of carbonyl (C=O) groups excluding carboxylic acids is 1. The highest BCUT2D eigenvalue weighted by Crippen LogP contribution is 2.22.